The number of hydrogen-bond acceptors (Lipinski definition) is 3. The number of nitrogen functional groups attached to an aromatic ring is 1. The zero-order chi connectivity index (χ0) is 14.7. The fourth-order valence-corrected chi connectivity index (χ4v) is 2.64. The van der Waals surface area contributed by atoms with Crippen LogP contribution >= 0.6 is 0 Å². The summed E-state index contributed by atoms with van der Waals surface area (Å²) >= 11 is 0. The normalized spacial score (nSPS) is 17.1. The first-order valence-electron chi connectivity index (χ1n) is 7.40. The van der Waals surface area contributed by atoms with E-state index in [9.17, 15) is 4.79 Å². The van der Waals surface area contributed by atoms with E-state index in [2.05, 4.69) is 30.8 Å². The molecule has 1 aromatic heterocycles. The number of nitrogens with one attached hydrogen (secondary N) is 1. The topological polar surface area (TPSA) is 65.4 Å². The van der Waals surface area contributed by atoms with Gasteiger partial charge >= 0.3 is 0 Å². The summed E-state index contributed by atoms with van der Waals surface area (Å²) in [6, 6.07) is 2.29. The molecule has 0 aromatic carbocycles. The summed E-state index contributed by atoms with van der Waals surface area (Å²) in [5.41, 5.74) is 6.85. The van der Waals surface area contributed by atoms with Crippen molar-refractivity contribution < 1.29 is 4.79 Å². The molecular formula is C15H26N4O. The van der Waals surface area contributed by atoms with Gasteiger partial charge in [-0.05, 0) is 45.7 Å². The van der Waals surface area contributed by atoms with Gasteiger partial charge < -0.3 is 20.5 Å². The zero-order valence-electron chi connectivity index (χ0n) is 12.7. The molecule has 0 spiro atoms. The number of likely N-dealkylation sites (tertiary alicyclic amines) is 1. The predicted octanol–water partition coefficient (Wildman–Crippen LogP) is 1.79. The Morgan fingerprint density at radius 3 is 2.65 bits per heavy atom. The highest BCUT2D eigenvalue weighted by molar-refractivity contribution is 5.93. The van der Waals surface area contributed by atoms with Crippen LogP contribution in [0.2, 0.25) is 0 Å². The fraction of sp³-hybridized carbons (Fsp3) is 0.667. The van der Waals surface area contributed by atoms with Crippen LogP contribution < -0.4 is 5.73 Å². The highest BCUT2D eigenvalue weighted by Crippen LogP contribution is 2.20. The maximum absolute atomic E-state index is 12.3. The van der Waals surface area contributed by atoms with Gasteiger partial charge in [-0.3, -0.25) is 4.79 Å². The van der Waals surface area contributed by atoms with Crippen LogP contribution in [-0.4, -0.2) is 53.4 Å². The zero-order valence-corrected chi connectivity index (χ0v) is 12.7. The first-order chi connectivity index (χ1) is 9.47. The SMILES string of the molecule is CC(C)N(C)CC1CCN(C(=O)c2cc(N)c[nH]2)CC1. The molecule has 1 fully saturated rings. The van der Waals surface area contributed by atoms with Gasteiger partial charge in [0.2, 0.25) is 0 Å². The van der Waals surface area contributed by atoms with Crippen molar-refractivity contribution in [3.63, 3.8) is 0 Å². The quantitative estimate of drug-likeness (QED) is 0.882. The standard InChI is InChI=1S/C15H26N4O/c1-11(2)18(3)10-12-4-6-19(7-5-12)15(20)14-8-13(16)9-17-14/h8-9,11-12,17H,4-7,10,16H2,1-3H3. The number of carbonyl (C=O) groups excluding carboxylic acids is 1. The summed E-state index contributed by atoms with van der Waals surface area (Å²) in [6.45, 7) is 7.24. The summed E-state index contributed by atoms with van der Waals surface area (Å²) in [7, 11) is 2.17. The molecule has 1 saturated heterocycles. The lowest BCUT2D eigenvalue weighted by molar-refractivity contribution is 0.0661. The number of aromatic amines is 1. The van der Waals surface area contributed by atoms with Crippen molar-refractivity contribution in [3.8, 4) is 0 Å². The van der Waals surface area contributed by atoms with Crippen LogP contribution in [0.4, 0.5) is 5.69 Å². The monoisotopic (exact) mass is 278 g/mol. The van der Waals surface area contributed by atoms with E-state index in [1.54, 1.807) is 12.3 Å². The summed E-state index contributed by atoms with van der Waals surface area (Å²) in [5, 5.41) is 0. The summed E-state index contributed by atoms with van der Waals surface area (Å²) in [5.74, 6) is 0.762. The summed E-state index contributed by atoms with van der Waals surface area (Å²) in [6.07, 6.45) is 3.83. The van der Waals surface area contributed by atoms with Crippen molar-refractivity contribution in [2.45, 2.75) is 32.7 Å². The number of amides is 1. The average molecular weight is 278 g/mol. The summed E-state index contributed by atoms with van der Waals surface area (Å²) in [4.78, 5) is 19.5. The maximum atomic E-state index is 12.3. The predicted molar refractivity (Wildman–Crippen MR) is 81.6 cm³/mol. The number of nitrogens with zero attached hydrogens (tertiary/aromatic N) is 2. The van der Waals surface area contributed by atoms with E-state index in [1.165, 1.54) is 0 Å². The van der Waals surface area contributed by atoms with E-state index in [1.807, 2.05) is 4.90 Å². The van der Waals surface area contributed by atoms with Crippen molar-refractivity contribution in [3.05, 3.63) is 18.0 Å². The van der Waals surface area contributed by atoms with Crippen molar-refractivity contribution in [1.82, 2.24) is 14.8 Å². The van der Waals surface area contributed by atoms with Crippen LogP contribution in [0.3, 0.4) is 0 Å². The number of anilines is 1. The van der Waals surface area contributed by atoms with Crippen molar-refractivity contribution >= 4 is 11.6 Å². The van der Waals surface area contributed by atoms with Gasteiger partial charge in [0, 0.05) is 37.6 Å². The molecule has 1 amide bonds. The molecule has 0 aliphatic carbocycles. The molecule has 1 aliphatic rings. The van der Waals surface area contributed by atoms with Gasteiger partial charge in [-0.25, -0.2) is 0 Å². The molecule has 112 valence electrons. The van der Waals surface area contributed by atoms with E-state index >= 15 is 0 Å². The van der Waals surface area contributed by atoms with E-state index in [-0.39, 0.29) is 5.91 Å². The molecule has 20 heavy (non-hydrogen) atoms. The Balaban J connectivity index is 1.83. The van der Waals surface area contributed by atoms with Crippen molar-refractivity contribution in [1.29, 1.82) is 0 Å². The molecule has 3 N–H and O–H groups in total. The molecule has 0 atom stereocenters. The molecule has 0 saturated carbocycles. The Kier molecular flexibility index (Phi) is 4.70. The second kappa shape index (κ2) is 6.31. The second-order valence-electron chi connectivity index (χ2n) is 6.12. The van der Waals surface area contributed by atoms with Crippen LogP contribution in [0.25, 0.3) is 0 Å². The van der Waals surface area contributed by atoms with Crippen molar-refractivity contribution in [2.24, 2.45) is 5.92 Å². The third-order valence-electron chi connectivity index (χ3n) is 4.27. The Morgan fingerprint density at radius 2 is 2.15 bits per heavy atom. The molecular weight excluding hydrogens is 252 g/mol. The van der Waals surface area contributed by atoms with Gasteiger partial charge in [-0.2, -0.15) is 0 Å². The minimum atomic E-state index is 0.0670. The van der Waals surface area contributed by atoms with Gasteiger partial charge in [0.25, 0.3) is 5.91 Å². The highest BCUT2D eigenvalue weighted by atomic mass is 16.2. The Bertz CT molecular complexity index is 446. The van der Waals surface area contributed by atoms with Gasteiger partial charge in [-0.15, -0.1) is 0 Å². The number of nitrogens with two attached hydrogens (primary N) is 1. The Hall–Kier alpha value is -1.49. The molecule has 1 aliphatic heterocycles. The van der Waals surface area contributed by atoms with Gasteiger partial charge in [0.15, 0.2) is 0 Å². The van der Waals surface area contributed by atoms with E-state index < -0.39 is 0 Å². The third-order valence-corrected chi connectivity index (χ3v) is 4.27. The molecule has 5 heteroatoms. The lowest BCUT2D eigenvalue weighted by Crippen LogP contribution is -2.42. The lowest BCUT2D eigenvalue weighted by atomic mass is 9.95. The summed E-state index contributed by atoms with van der Waals surface area (Å²) < 4.78 is 0. The number of rotatable bonds is 4. The number of hydrogen-bond donors (Lipinski definition) is 2. The minimum Gasteiger partial charge on any atom is -0.397 e. The first kappa shape index (κ1) is 14.9. The number of piperidine rings is 1. The average Bonchev–Trinajstić information content (AvgIpc) is 2.85. The first-order valence-corrected chi connectivity index (χ1v) is 7.40. The van der Waals surface area contributed by atoms with Crippen LogP contribution in [0.15, 0.2) is 12.3 Å². The molecule has 2 heterocycles. The third kappa shape index (κ3) is 3.54. The molecule has 5 nitrogen and oxygen atoms in total. The van der Waals surface area contributed by atoms with Gasteiger partial charge in [0.1, 0.15) is 5.69 Å². The van der Waals surface area contributed by atoms with Crippen LogP contribution in [0.5, 0.6) is 0 Å². The largest absolute Gasteiger partial charge is 0.397 e. The molecule has 0 unspecified atom stereocenters. The molecule has 1 aromatic rings. The lowest BCUT2D eigenvalue weighted by Gasteiger charge is -2.34. The molecule has 0 radical (unpaired) electrons. The minimum absolute atomic E-state index is 0.0670. The highest BCUT2D eigenvalue weighted by Gasteiger charge is 2.25. The fourth-order valence-electron chi connectivity index (χ4n) is 2.64. The van der Waals surface area contributed by atoms with Gasteiger partial charge in [-0.1, -0.05) is 0 Å². The van der Waals surface area contributed by atoms with E-state index in [0.717, 1.165) is 32.5 Å². The van der Waals surface area contributed by atoms with E-state index in [0.29, 0.717) is 23.3 Å². The van der Waals surface area contributed by atoms with E-state index in [4.69, 9.17) is 5.73 Å². The molecule has 0 bridgehead atoms. The van der Waals surface area contributed by atoms with Gasteiger partial charge in [0.05, 0.1) is 0 Å². The van der Waals surface area contributed by atoms with Crippen molar-refractivity contribution in [2.75, 3.05) is 32.4 Å². The number of aromatic nitrogens is 1. The van der Waals surface area contributed by atoms with Crippen LogP contribution in [0, 0.1) is 5.92 Å². The number of H-pyrrole nitrogens is 1. The van der Waals surface area contributed by atoms with Crippen LogP contribution in [0.1, 0.15) is 37.2 Å². The van der Waals surface area contributed by atoms with Crippen LogP contribution in [-0.2, 0) is 0 Å². The number of carbonyl (C=O) groups is 1. The maximum Gasteiger partial charge on any atom is 0.270 e. The smallest absolute Gasteiger partial charge is 0.270 e. The Morgan fingerprint density at radius 1 is 1.50 bits per heavy atom. The Labute approximate surface area is 121 Å². The second-order valence-corrected chi connectivity index (χ2v) is 6.12. The molecule has 2 rings (SSSR count).